The minimum atomic E-state index is -0.709. The minimum Gasteiger partial charge on any atom is -0.494 e. The average molecular weight is 372 g/mol. The number of aliphatic imine (C=N–C) groups is 1. The van der Waals surface area contributed by atoms with Crippen LogP contribution in [0.3, 0.4) is 0 Å². The number of aromatic hydroxyl groups is 1. The van der Waals surface area contributed by atoms with Gasteiger partial charge in [0, 0.05) is 31.4 Å². The highest BCUT2D eigenvalue weighted by molar-refractivity contribution is 5.84. The molecule has 2 aromatic rings. The van der Waals surface area contributed by atoms with Crippen LogP contribution in [0.2, 0.25) is 0 Å². The quantitative estimate of drug-likeness (QED) is 0.330. The van der Waals surface area contributed by atoms with E-state index in [1.54, 1.807) is 0 Å². The van der Waals surface area contributed by atoms with Crippen molar-refractivity contribution in [3.05, 3.63) is 73.4 Å². The van der Waals surface area contributed by atoms with Crippen LogP contribution < -0.4 is 11.2 Å². The summed E-state index contributed by atoms with van der Waals surface area (Å²) in [5, 5.41) is 21.3. The van der Waals surface area contributed by atoms with Crippen molar-refractivity contribution in [2.45, 2.75) is 32.9 Å². The normalized spacial score (nSPS) is 11.0. The average Bonchev–Trinajstić information content (AvgIpc) is 2.65. The predicted octanol–water partition coefficient (Wildman–Crippen LogP) is 2.36. The maximum Gasteiger partial charge on any atom is 0.334 e. The molecule has 0 saturated carbocycles. The molecule has 0 spiro atoms. The first kappa shape index (κ1) is 19.8. The summed E-state index contributed by atoms with van der Waals surface area (Å²) in [7, 11) is 0. The van der Waals surface area contributed by atoms with Crippen LogP contribution in [0, 0.1) is 10.1 Å². The standard InChI is InChI=1S/C18H20N4O5/c1-3-5-10-21-17(24)15(16(23)20(9-4-2)18(21)25)12-19-13-7-6-8-14(11-13)22(26)27/h4,6-8,11-12,24H,2-3,5,9-10H2,1H3. The maximum atomic E-state index is 12.6. The van der Waals surface area contributed by atoms with Crippen LogP contribution in [0.5, 0.6) is 5.88 Å². The van der Waals surface area contributed by atoms with Gasteiger partial charge >= 0.3 is 5.69 Å². The summed E-state index contributed by atoms with van der Waals surface area (Å²) in [6, 6.07) is 5.54. The van der Waals surface area contributed by atoms with E-state index >= 15 is 0 Å². The Morgan fingerprint density at radius 2 is 2.07 bits per heavy atom. The van der Waals surface area contributed by atoms with Gasteiger partial charge in [0.15, 0.2) is 0 Å². The minimum absolute atomic E-state index is 0.0122. The summed E-state index contributed by atoms with van der Waals surface area (Å²) in [6.45, 7) is 5.71. The Kier molecular flexibility index (Phi) is 6.42. The van der Waals surface area contributed by atoms with Gasteiger partial charge in [0.05, 0.1) is 10.6 Å². The Hall–Kier alpha value is -3.49. The van der Waals surface area contributed by atoms with Gasteiger partial charge in [-0.2, -0.15) is 0 Å². The van der Waals surface area contributed by atoms with Crippen LogP contribution >= 0.6 is 0 Å². The van der Waals surface area contributed by atoms with Gasteiger partial charge in [-0.15, -0.1) is 6.58 Å². The summed E-state index contributed by atoms with van der Waals surface area (Å²) in [5.41, 5.74) is -1.41. The third-order valence-corrected chi connectivity index (χ3v) is 3.86. The Morgan fingerprint density at radius 1 is 1.33 bits per heavy atom. The van der Waals surface area contributed by atoms with Gasteiger partial charge in [0.2, 0.25) is 5.88 Å². The summed E-state index contributed by atoms with van der Waals surface area (Å²) < 4.78 is 2.07. The number of benzene rings is 1. The third-order valence-electron chi connectivity index (χ3n) is 3.86. The topological polar surface area (TPSA) is 120 Å². The first-order valence-electron chi connectivity index (χ1n) is 8.36. The van der Waals surface area contributed by atoms with Crippen molar-refractivity contribution in [1.82, 2.24) is 9.13 Å². The van der Waals surface area contributed by atoms with Crippen molar-refractivity contribution < 1.29 is 10.0 Å². The number of nitrogens with zero attached hydrogens (tertiary/aromatic N) is 4. The van der Waals surface area contributed by atoms with E-state index in [1.807, 2.05) is 6.92 Å². The Morgan fingerprint density at radius 3 is 2.70 bits per heavy atom. The molecule has 0 bridgehead atoms. The second kappa shape index (κ2) is 8.75. The number of hydrogen-bond acceptors (Lipinski definition) is 6. The maximum absolute atomic E-state index is 12.6. The highest BCUT2D eigenvalue weighted by atomic mass is 16.6. The van der Waals surface area contributed by atoms with Gasteiger partial charge in [-0.05, 0) is 12.5 Å². The largest absolute Gasteiger partial charge is 0.494 e. The molecule has 0 aliphatic rings. The fraction of sp³-hybridized carbons (Fsp3) is 0.278. The van der Waals surface area contributed by atoms with Crippen molar-refractivity contribution in [3.63, 3.8) is 0 Å². The fourth-order valence-electron chi connectivity index (χ4n) is 2.46. The fourth-order valence-corrected chi connectivity index (χ4v) is 2.46. The molecule has 0 saturated heterocycles. The van der Waals surface area contributed by atoms with Gasteiger partial charge in [-0.25, -0.2) is 4.79 Å². The zero-order chi connectivity index (χ0) is 20.0. The molecule has 1 N–H and O–H groups in total. The second-order valence-corrected chi connectivity index (χ2v) is 5.76. The van der Waals surface area contributed by atoms with Crippen LogP contribution in [0.1, 0.15) is 25.3 Å². The van der Waals surface area contributed by atoms with Crippen LogP contribution in [0.4, 0.5) is 11.4 Å². The number of rotatable bonds is 8. The van der Waals surface area contributed by atoms with Gasteiger partial charge in [0.25, 0.3) is 11.2 Å². The summed E-state index contributed by atoms with van der Waals surface area (Å²) in [6.07, 6.45) is 3.95. The molecule has 0 aliphatic heterocycles. The van der Waals surface area contributed by atoms with E-state index in [-0.39, 0.29) is 30.0 Å². The van der Waals surface area contributed by atoms with Crippen molar-refractivity contribution in [2.75, 3.05) is 0 Å². The molecule has 142 valence electrons. The molecular weight excluding hydrogens is 352 g/mol. The summed E-state index contributed by atoms with van der Waals surface area (Å²) in [4.78, 5) is 39.4. The van der Waals surface area contributed by atoms with Crippen molar-refractivity contribution >= 4 is 17.6 Å². The predicted molar refractivity (Wildman–Crippen MR) is 102 cm³/mol. The van der Waals surface area contributed by atoms with E-state index in [9.17, 15) is 24.8 Å². The lowest BCUT2D eigenvalue weighted by atomic mass is 10.2. The number of unbranched alkanes of at least 4 members (excludes halogenated alkanes) is 1. The summed E-state index contributed by atoms with van der Waals surface area (Å²) in [5.74, 6) is -0.479. The van der Waals surface area contributed by atoms with Crippen molar-refractivity contribution in [2.24, 2.45) is 4.99 Å². The summed E-state index contributed by atoms with van der Waals surface area (Å²) >= 11 is 0. The lowest BCUT2D eigenvalue weighted by Gasteiger charge is -2.13. The van der Waals surface area contributed by atoms with Gasteiger partial charge in [-0.3, -0.25) is 29.0 Å². The van der Waals surface area contributed by atoms with Crippen LogP contribution in [-0.2, 0) is 13.1 Å². The van der Waals surface area contributed by atoms with Gasteiger partial charge in [0.1, 0.15) is 5.56 Å². The molecule has 0 amide bonds. The smallest absolute Gasteiger partial charge is 0.334 e. The number of allylic oxidation sites excluding steroid dienone is 1. The second-order valence-electron chi connectivity index (χ2n) is 5.76. The molecule has 0 fully saturated rings. The third kappa shape index (κ3) is 4.38. The molecule has 1 heterocycles. The van der Waals surface area contributed by atoms with Crippen LogP contribution in [0.15, 0.2) is 51.5 Å². The van der Waals surface area contributed by atoms with Crippen LogP contribution in [0.25, 0.3) is 0 Å². The number of nitro groups is 1. The molecule has 0 atom stereocenters. The molecule has 2 rings (SSSR count). The molecule has 27 heavy (non-hydrogen) atoms. The SMILES string of the molecule is C=CCn1c(=O)c(C=Nc2cccc([N+](=O)[O-])c2)c(O)n(CCCC)c1=O. The van der Waals surface area contributed by atoms with E-state index in [0.717, 1.165) is 21.8 Å². The Labute approximate surface area is 154 Å². The molecule has 1 aromatic carbocycles. The van der Waals surface area contributed by atoms with E-state index in [4.69, 9.17) is 0 Å². The molecule has 1 aromatic heterocycles. The zero-order valence-corrected chi connectivity index (χ0v) is 14.9. The lowest BCUT2D eigenvalue weighted by molar-refractivity contribution is -0.384. The molecule has 0 aliphatic carbocycles. The van der Waals surface area contributed by atoms with Gasteiger partial charge < -0.3 is 5.11 Å². The molecule has 0 unspecified atom stereocenters. The highest BCUT2D eigenvalue weighted by Gasteiger charge is 2.16. The Bertz CT molecular complexity index is 1000. The first-order chi connectivity index (χ1) is 12.9. The highest BCUT2D eigenvalue weighted by Crippen LogP contribution is 2.20. The number of nitro benzene ring substituents is 1. The number of aromatic nitrogens is 2. The first-order valence-corrected chi connectivity index (χ1v) is 8.36. The molecule has 0 radical (unpaired) electrons. The number of hydrogen-bond donors (Lipinski definition) is 1. The van der Waals surface area contributed by atoms with E-state index in [1.165, 1.54) is 30.3 Å². The zero-order valence-electron chi connectivity index (χ0n) is 14.9. The Balaban J connectivity index is 2.58. The monoisotopic (exact) mass is 372 g/mol. The van der Waals surface area contributed by atoms with Crippen LogP contribution in [-0.4, -0.2) is 25.4 Å². The number of non-ortho nitro benzene ring substituents is 1. The van der Waals surface area contributed by atoms with Gasteiger partial charge in [-0.1, -0.05) is 25.5 Å². The molecular formula is C18H20N4O5. The van der Waals surface area contributed by atoms with E-state index in [0.29, 0.717) is 6.42 Å². The molecule has 9 nitrogen and oxygen atoms in total. The van der Waals surface area contributed by atoms with E-state index in [2.05, 4.69) is 11.6 Å². The lowest BCUT2D eigenvalue weighted by Crippen LogP contribution is -2.41. The molecule has 9 heteroatoms. The van der Waals surface area contributed by atoms with Crippen molar-refractivity contribution in [1.29, 1.82) is 0 Å². The van der Waals surface area contributed by atoms with E-state index < -0.39 is 22.1 Å². The van der Waals surface area contributed by atoms with Crippen molar-refractivity contribution in [3.8, 4) is 5.88 Å².